The van der Waals surface area contributed by atoms with Gasteiger partial charge in [-0.05, 0) is 44.1 Å². The van der Waals surface area contributed by atoms with Gasteiger partial charge in [-0.1, -0.05) is 0 Å². The molecule has 1 fully saturated rings. The molecule has 4 nitrogen and oxygen atoms in total. The second-order valence-electron chi connectivity index (χ2n) is 5.14. The maximum Gasteiger partial charge on any atom is 0.220 e. The number of hydrogen-bond acceptors (Lipinski definition) is 3. The highest BCUT2D eigenvalue weighted by atomic mass is 35.5. The zero-order valence-corrected chi connectivity index (χ0v) is 12.8. The Morgan fingerprint density at radius 3 is 2.45 bits per heavy atom. The SMILES string of the molecule is Cl.O=C(CCC(=O)c1ccc(F)c(F)c1)NC1CCNCC1. The standard InChI is InChI=1S/C15H18F2N2O2.ClH/c16-12-2-1-10(9-13(12)17)14(20)3-4-15(21)19-11-5-7-18-8-6-11;/h1-2,9,11,18H,3-8H2,(H,19,21);1H. The molecule has 1 aliphatic heterocycles. The maximum atomic E-state index is 13.0. The molecule has 0 unspecified atom stereocenters. The third-order valence-electron chi connectivity index (χ3n) is 3.52. The maximum absolute atomic E-state index is 13.0. The fourth-order valence-electron chi connectivity index (χ4n) is 2.31. The van der Waals surface area contributed by atoms with E-state index in [9.17, 15) is 18.4 Å². The van der Waals surface area contributed by atoms with E-state index in [-0.39, 0.29) is 48.5 Å². The number of piperidine rings is 1. The summed E-state index contributed by atoms with van der Waals surface area (Å²) in [6.07, 6.45) is 1.80. The van der Waals surface area contributed by atoms with E-state index in [0.29, 0.717) is 0 Å². The number of rotatable bonds is 5. The van der Waals surface area contributed by atoms with Crippen molar-refractivity contribution in [3.05, 3.63) is 35.4 Å². The Balaban J connectivity index is 0.00000242. The third kappa shape index (κ3) is 5.35. The van der Waals surface area contributed by atoms with Crippen molar-refractivity contribution in [2.75, 3.05) is 13.1 Å². The summed E-state index contributed by atoms with van der Waals surface area (Å²) in [5, 5.41) is 6.08. The van der Waals surface area contributed by atoms with Crippen LogP contribution in [0.2, 0.25) is 0 Å². The zero-order valence-electron chi connectivity index (χ0n) is 12.0. The molecule has 22 heavy (non-hydrogen) atoms. The van der Waals surface area contributed by atoms with Crippen LogP contribution in [0.1, 0.15) is 36.0 Å². The first-order valence-electron chi connectivity index (χ1n) is 7.04. The van der Waals surface area contributed by atoms with Gasteiger partial charge >= 0.3 is 0 Å². The Morgan fingerprint density at radius 2 is 1.82 bits per heavy atom. The van der Waals surface area contributed by atoms with Crippen LogP contribution in [0, 0.1) is 11.6 Å². The first-order valence-corrected chi connectivity index (χ1v) is 7.04. The molecule has 1 saturated heterocycles. The molecule has 1 aromatic carbocycles. The first-order chi connectivity index (χ1) is 10.1. The van der Waals surface area contributed by atoms with Crippen LogP contribution >= 0.6 is 12.4 Å². The topological polar surface area (TPSA) is 58.2 Å². The number of halogens is 3. The smallest absolute Gasteiger partial charge is 0.220 e. The van der Waals surface area contributed by atoms with Crippen LogP contribution in [0.15, 0.2) is 18.2 Å². The van der Waals surface area contributed by atoms with Crippen LogP contribution in [-0.2, 0) is 4.79 Å². The van der Waals surface area contributed by atoms with E-state index in [1.165, 1.54) is 6.07 Å². The fraction of sp³-hybridized carbons (Fsp3) is 0.467. The molecule has 2 N–H and O–H groups in total. The van der Waals surface area contributed by atoms with Gasteiger partial charge in [-0.2, -0.15) is 0 Å². The fourth-order valence-corrected chi connectivity index (χ4v) is 2.31. The van der Waals surface area contributed by atoms with E-state index in [1.54, 1.807) is 0 Å². The number of hydrogen-bond donors (Lipinski definition) is 2. The second kappa shape index (κ2) is 8.80. The van der Waals surface area contributed by atoms with Gasteiger partial charge in [0, 0.05) is 24.4 Å². The molecule has 122 valence electrons. The average Bonchev–Trinajstić information content (AvgIpc) is 2.48. The number of Topliss-reactive ketones (excluding diaryl/α,β-unsaturated/α-hetero) is 1. The Hall–Kier alpha value is -1.53. The van der Waals surface area contributed by atoms with E-state index in [2.05, 4.69) is 10.6 Å². The molecule has 0 radical (unpaired) electrons. The number of nitrogens with one attached hydrogen (secondary N) is 2. The largest absolute Gasteiger partial charge is 0.353 e. The van der Waals surface area contributed by atoms with Crippen LogP contribution in [0.3, 0.4) is 0 Å². The molecule has 0 bridgehead atoms. The van der Waals surface area contributed by atoms with Crippen molar-refractivity contribution in [2.24, 2.45) is 0 Å². The molecule has 7 heteroatoms. The van der Waals surface area contributed by atoms with Gasteiger partial charge in [0.2, 0.25) is 5.91 Å². The lowest BCUT2D eigenvalue weighted by molar-refractivity contribution is -0.121. The van der Waals surface area contributed by atoms with Crippen molar-refractivity contribution in [3.63, 3.8) is 0 Å². The number of carbonyl (C=O) groups excluding carboxylic acids is 2. The predicted molar refractivity (Wildman–Crippen MR) is 81.2 cm³/mol. The van der Waals surface area contributed by atoms with Gasteiger partial charge in [0.05, 0.1) is 0 Å². The quantitative estimate of drug-likeness (QED) is 0.813. The van der Waals surface area contributed by atoms with Gasteiger partial charge < -0.3 is 10.6 Å². The van der Waals surface area contributed by atoms with Gasteiger partial charge in [0.25, 0.3) is 0 Å². The van der Waals surface area contributed by atoms with Gasteiger partial charge in [-0.15, -0.1) is 12.4 Å². The van der Waals surface area contributed by atoms with Gasteiger partial charge in [0.15, 0.2) is 17.4 Å². The molecule has 2 rings (SSSR count). The van der Waals surface area contributed by atoms with Crippen LogP contribution < -0.4 is 10.6 Å². The van der Waals surface area contributed by atoms with Crippen LogP contribution in [0.5, 0.6) is 0 Å². The van der Waals surface area contributed by atoms with Crippen molar-refractivity contribution >= 4 is 24.1 Å². The van der Waals surface area contributed by atoms with E-state index in [4.69, 9.17) is 0 Å². The molecule has 1 aromatic rings. The summed E-state index contributed by atoms with van der Waals surface area (Å²) in [5.74, 6) is -2.59. The molecule has 0 atom stereocenters. The summed E-state index contributed by atoms with van der Waals surface area (Å²) in [7, 11) is 0. The molecule has 0 saturated carbocycles. The van der Waals surface area contributed by atoms with E-state index in [1.807, 2.05) is 0 Å². The van der Waals surface area contributed by atoms with E-state index in [0.717, 1.165) is 38.1 Å². The molecule has 1 heterocycles. The van der Waals surface area contributed by atoms with Crippen LogP contribution in [0.4, 0.5) is 8.78 Å². The Morgan fingerprint density at radius 1 is 1.14 bits per heavy atom. The highest BCUT2D eigenvalue weighted by Gasteiger charge is 2.16. The number of carbonyl (C=O) groups is 2. The van der Waals surface area contributed by atoms with Crippen LogP contribution in [-0.4, -0.2) is 30.8 Å². The molecule has 1 amide bonds. The predicted octanol–water partition coefficient (Wildman–Crippen LogP) is 2.22. The van der Waals surface area contributed by atoms with Gasteiger partial charge in [-0.3, -0.25) is 9.59 Å². The lowest BCUT2D eigenvalue weighted by Crippen LogP contribution is -2.42. The molecule has 0 spiro atoms. The minimum absolute atomic E-state index is 0. The molecular formula is C15H19ClF2N2O2. The minimum atomic E-state index is -1.06. The summed E-state index contributed by atoms with van der Waals surface area (Å²) >= 11 is 0. The highest BCUT2D eigenvalue weighted by molar-refractivity contribution is 5.97. The normalized spacial score (nSPS) is 15.0. The summed E-state index contributed by atoms with van der Waals surface area (Å²) in [4.78, 5) is 23.6. The van der Waals surface area contributed by atoms with Crippen LogP contribution in [0.25, 0.3) is 0 Å². The lowest BCUT2D eigenvalue weighted by atomic mass is 10.0. The van der Waals surface area contributed by atoms with Gasteiger partial charge in [-0.25, -0.2) is 8.78 Å². The van der Waals surface area contributed by atoms with Crippen molar-refractivity contribution < 1.29 is 18.4 Å². The van der Waals surface area contributed by atoms with Crippen molar-refractivity contribution in [3.8, 4) is 0 Å². The molecule has 0 aliphatic carbocycles. The minimum Gasteiger partial charge on any atom is -0.353 e. The van der Waals surface area contributed by atoms with E-state index < -0.39 is 11.6 Å². The van der Waals surface area contributed by atoms with Gasteiger partial charge in [0.1, 0.15) is 0 Å². The summed E-state index contributed by atoms with van der Waals surface area (Å²) in [6, 6.07) is 3.16. The lowest BCUT2D eigenvalue weighted by Gasteiger charge is -2.23. The second-order valence-corrected chi connectivity index (χ2v) is 5.14. The Labute approximate surface area is 134 Å². The van der Waals surface area contributed by atoms with Crippen molar-refractivity contribution in [1.29, 1.82) is 0 Å². The zero-order chi connectivity index (χ0) is 15.2. The summed E-state index contributed by atoms with van der Waals surface area (Å²) in [5.41, 5.74) is 0.0866. The Kier molecular flexibility index (Phi) is 7.41. The summed E-state index contributed by atoms with van der Waals surface area (Å²) < 4.78 is 25.8. The third-order valence-corrected chi connectivity index (χ3v) is 3.52. The highest BCUT2D eigenvalue weighted by Crippen LogP contribution is 2.12. The Bertz CT molecular complexity index is 534. The monoisotopic (exact) mass is 332 g/mol. The number of benzene rings is 1. The molecule has 0 aromatic heterocycles. The van der Waals surface area contributed by atoms with Crippen molar-refractivity contribution in [1.82, 2.24) is 10.6 Å². The summed E-state index contributed by atoms with van der Waals surface area (Å²) in [6.45, 7) is 1.75. The number of amides is 1. The van der Waals surface area contributed by atoms with Crippen molar-refractivity contribution in [2.45, 2.75) is 31.7 Å². The molecule has 1 aliphatic rings. The number of ketones is 1. The average molecular weight is 333 g/mol. The molecular weight excluding hydrogens is 314 g/mol. The van der Waals surface area contributed by atoms with E-state index >= 15 is 0 Å². The first kappa shape index (κ1) is 18.5.